The highest BCUT2D eigenvalue weighted by Crippen LogP contribution is 2.10. The third-order valence-corrected chi connectivity index (χ3v) is 2.62. The molecule has 1 heterocycles. The first-order chi connectivity index (χ1) is 8.81. The summed E-state index contributed by atoms with van der Waals surface area (Å²) in [5.74, 6) is 0. The molecule has 0 saturated heterocycles. The van der Waals surface area contributed by atoms with Crippen LogP contribution in [-0.4, -0.2) is 29.3 Å². The number of pyridine rings is 1. The summed E-state index contributed by atoms with van der Waals surface area (Å²) in [5, 5.41) is 2.78. The highest BCUT2D eigenvalue weighted by molar-refractivity contribution is 5.68. The topological polar surface area (TPSA) is 77.2 Å². The maximum atomic E-state index is 11.7. The fourth-order valence-electron chi connectivity index (χ4n) is 1.64. The summed E-state index contributed by atoms with van der Waals surface area (Å²) in [6.07, 6.45) is 3.76. The van der Waals surface area contributed by atoms with E-state index in [9.17, 15) is 4.79 Å². The van der Waals surface area contributed by atoms with Gasteiger partial charge in [-0.2, -0.15) is 0 Å². The number of amides is 1. The Morgan fingerprint density at radius 3 is 2.74 bits per heavy atom. The van der Waals surface area contributed by atoms with E-state index in [1.54, 1.807) is 12.4 Å². The molecule has 1 rings (SSSR count). The number of carbonyl (C=O) groups is 1. The first-order valence-corrected chi connectivity index (χ1v) is 6.41. The van der Waals surface area contributed by atoms with Crippen molar-refractivity contribution in [2.75, 3.05) is 6.54 Å². The molecule has 1 aromatic rings. The monoisotopic (exact) mass is 265 g/mol. The number of nitrogens with two attached hydrogens (primary N) is 1. The Morgan fingerprint density at radius 1 is 1.53 bits per heavy atom. The predicted octanol–water partition coefficient (Wildman–Crippen LogP) is 1.78. The van der Waals surface area contributed by atoms with Gasteiger partial charge in [-0.15, -0.1) is 0 Å². The fourth-order valence-corrected chi connectivity index (χ4v) is 1.64. The van der Waals surface area contributed by atoms with Crippen molar-refractivity contribution in [2.45, 2.75) is 45.8 Å². The van der Waals surface area contributed by atoms with Crippen molar-refractivity contribution in [3.8, 4) is 0 Å². The summed E-state index contributed by atoms with van der Waals surface area (Å²) >= 11 is 0. The Labute approximate surface area is 114 Å². The van der Waals surface area contributed by atoms with Crippen molar-refractivity contribution < 1.29 is 9.53 Å². The van der Waals surface area contributed by atoms with Gasteiger partial charge in [0.2, 0.25) is 0 Å². The van der Waals surface area contributed by atoms with Crippen LogP contribution in [0.2, 0.25) is 0 Å². The Morgan fingerprint density at radius 2 is 2.21 bits per heavy atom. The van der Waals surface area contributed by atoms with E-state index in [4.69, 9.17) is 10.5 Å². The first kappa shape index (κ1) is 15.4. The summed E-state index contributed by atoms with van der Waals surface area (Å²) in [7, 11) is 0. The molecule has 0 saturated carbocycles. The zero-order valence-corrected chi connectivity index (χ0v) is 12.1. The van der Waals surface area contributed by atoms with Crippen LogP contribution in [0.25, 0.3) is 0 Å². The molecule has 1 atom stereocenters. The molecular weight excluding hydrogens is 242 g/mol. The van der Waals surface area contributed by atoms with E-state index in [-0.39, 0.29) is 6.04 Å². The van der Waals surface area contributed by atoms with Gasteiger partial charge in [-0.3, -0.25) is 4.98 Å². The van der Waals surface area contributed by atoms with Gasteiger partial charge in [-0.1, -0.05) is 0 Å². The minimum absolute atomic E-state index is 0.155. The molecular formula is C14H23N3O2. The molecule has 0 spiro atoms. The molecule has 19 heavy (non-hydrogen) atoms. The van der Waals surface area contributed by atoms with Gasteiger partial charge in [0, 0.05) is 25.0 Å². The van der Waals surface area contributed by atoms with Crippen LogP contribution in [0.4, 0.5) is 4.79 Å². The second kappa shape index (κ2) is 6.52. The highest BCUT2D eigenvalue weighted by Gasteiger charge is 2.19. The van der Waals surface area contributed by atoms with E-state index < -0.39 is 11.7 Å². The molecule has 5 heteroatoms. The van der Waals surface area contributed by atoms with E-state index >= 15 is 0 Å². The third-order valence-electron chi connectivity index (χ3n) is 2.62. The van der Waals surface area contributed by atoms with Crippen molar-refractivity contribution in [1.29, 1.82) is 0 Å². The normalized spacial score (nSPS) is 12.9. The van der Waals surface area contributed by atoms with Gasteiger partial charge in [-0.25, -0.2) is 4.79 Å². The van der Waals surface area contributed by atoms with Crippen LogP contribution in [0, 0.1) is 6.92 Å². The zero-order valence-electron chi connectivity index (χ0n) is 12.1. The van der Waals surface area contributed by atoms with Crippen LogP contribution < -0.4 is 11.1 Å². The molecule has 0 fully saturated rings. The number of hydrogen-bond acceptors (Lipinski definition) is 4. The third kappa shape index (κ3) is 5.70. The number of nitrogens with one attached hydrogen (secondary N) is 1. The number of ether oxygens (including phenoxy) is 1. The molecule has 1 amide bonds. The molecule has 0 aliphatic heterocycles. The van der Waals surface area contributed by atoms with Gasteiger partial charge in [0.25, 0.3) is 0 Å². The number of nitrogens with zero attached hydrogens (tertiary/aromatic N) is 1. The SMILES string of the molecule is Cc1ccncc1CC(CN)NC(=O)OC(C)(C)C. The van der Waals surface area contributed by atoms with E-state index in [1.165, 1.54) is 0 Å². The van der Waals surface area contributed by atoms with Crippen LogP contribution in [0.5, 0.6) is 0 Å². The first-order valence-electron chi connectivity index (χ1n) is 6.41. The number of alkyl carbamates (subject to hydrolysis) is 1. The van der Waals surface area contributed by atoms with Gasteiger partial charge in [0.15, 0.2) is 0 Å². The average Bonchev–Trinajstić information content (AvgIpc) is 2.28. The number of rotatable bonds is 4. The van der Waals surface area contributed by atoms with Crippen LogP contribution >= 0.6 is 0 Å². The lowest BCUT2D eigenvalue weighted by molar-refractivity contribution is 0.0506. The van der Waals surface area contributed by atoms with Crippen LogP contribution in [0.1, 0.15) is 31.9 Å². The lowest BCUT2D eigenvalue weighted by Gasteiger charge is -2.23. The van der Waals surface area contributed by atoms with Crippen LogP contribution in [-0.2, 0) is 11.2 Å². The molecule has 5 nitrogen and oxygen atoms in total. The smallest absolute Gasteiger partial charge is 0.407 e. The van der Waals surface area contributed by atoms with E-state index in [0.29, 0.717) is 13.0 Å². The quantitative estimate of drug-likeness (QED) is 0.870. The standard InChI is InChI=1S/C14H23N3O2/c1-10-5-6-16-9-11(10)7-12(8-15)17-13(18)19-14(2,3)4/h5-6,9,12H,7-8,15H2,1-4H3,(H,17,18). The zero-order chi connectivity index (χ0) is 14.5. The van der Waals surface area contributed by atoms with E-state index in [0.717, 1.165) is 11.1 Å². The lowest BCUT2D eigenvalue weighted by atomic mass is 10.0. The Bertz CT molecular complexity index is 427. The molecule has 3 N–H and O–H groups in total. The molecule has 0 aromatic carbocycles. The predicted molar refractivity (Wildman–Crippen MR) is 74.9 cm³/mol. The summed E-state index contributed by atoms with van der Waals surface area (Å²) in [6, 6.07) is 1.79. The largest absolute Gasteiger partial charge is 0.444 e. The molecule has 0 aliphatic rings. The Kier molecular flexibility index (Phi) is 5.30. The van der Waals surface area contributed by atoms with Gasteiger partial charge < -0.3 is 15.8 Å². The number of aromatic nitrogens is 1. The molecule has 1 unspecified atom stereocenters. The summed E-state index contributed by atoms with van der Waals surface area (Å²) in [6.45, 7) is 7.85. The number of hydrogen-bond donors (Lipinski definition) is 2. The summed E-state index contributed by atoms with van der Waals surface area (Å²) in [4.78, 5) is 15.8. The second-order valence-electron chi connectivity index (χ2n) is 5.59. The summed E-state index contributed by atoms with van der Waals surface area (Å²) < 4.78 is 5.22. The van der Waals surface area contributed by atoms with Crippen molar-refractivity contribution in [3.05, 3.63) is 29.6 Å². The molecule has 0 radical (unpaired) electrons. The highest BCUT2D eigenvalue weighted by atomic mass is 16.6. The van der Waals surface area contributed by atoms with Crippen molar-refractivity contribution in [3.63, 3.8) is 0 Å². The van der Waals surface area contributed by atoms with Crippen LogP contribution in [0.15, 0.2) is 18.5 Å². The van der Waals surface area contributed by atoms with Crippen LogP contribution in [0.3, 0.4) is 0 Å². The van der Waals surface area contributed by atoms with Gasteiger partial charge >= 0.3 is 6.09 Å². The van der Waals surface area contributed by atoms with E-state index in [2.05, 4.69) is 10.3 Å². The number of carbonyl (C=O) groups excluding carboxylic acids is 1. The van der Waals surface area contributed by atoms with Gasteiger partial charge in [0.05, 0.1) is 0 Å². The van der Waals surface area contributed by atoms with Crippen molar-refractivity contribution >= 4 is 6.09 Å². The number of aryl methyl sites for hydroxylation is 1. The Hall–Kier alpha value is -1.62. The van der Waals surface area contributed by atoms with E-state index in [1.807, 2.05) is 33.8 Å². The maximum Gasteiger partial charge on any atom is 0.407 e. The minimum Gasteiger partial charge on any atom is -0.444 e. The van der Waals surface area contributed by atoms with Crippen molar-refractivity contribution in [2.24, 2.45) is 5.73 Å². The van der Waals surface area contributed by atoms with Gasteiger partial charge in [0.1, 0.15) is 5.60 Å². The lowest BCUT2D eigenvalue weighted by Crippen LogP contribution is -2.44. The second-order valence-corrected chi connectivity index (χ2v) is 5.59. The molecule has 1 aromatic heterocycles. The van der Waals surface area contributed by atoms with Gasteiger partial charge in [-0.05, 0) is 51.3 Å². The minimum atomic E-state index is -0.506. The molecule has 0 aliphatic carbocycles. The summed E-state index contributed by atoms with van der Waals surface area (Å²) in [5.41, 5.74) is 7.40. The average molecular weight is 265 g/mol. The maximum absolute atomic E-state index is 11.7. The molecule has 0 bridgehead atoms. The van der Waals surface area contributed by atoms with Crippen molar-refractivity contribution in [1.82, 2.24) is 10.3 Å². The molecule has 106 valence electrons. The fraction of sp³-hybridized carbons (Fsp3) is 0.571. The Balaban J connectivity index is 2.60.